The Morgan fingerprint density at radius 2 is 1.79 bits per heavy atom. The van der Waals surface area contributed by atoms with Gasteiger partial charge in [0, 0.05) is 0 Å². The molecule has 0 aromatic heterocycles. The van der Waals surface area contributed by atoms with Crippen molar-refractivity contribution in [1.29, 1.82) is 0 Å². The summed E-state index contributed by atoms with van der Waals surface area (Å²) in [5, 5.41) is 2.60. The summed E-state index contributed by atoms with van der Waals surface area (Å²) in [6.45, 7) is 3.64. The van der Waals surface area contributed by atoms with Crippen molar-refractivity contribution in [1.82, 2.24) is 5.32 Å². The maximum absolute atomic E-state index is 11.9. The van der Waals surface area contributed by atoms with Crippen molar-refractivity contribution in [3.05, 3.63) is 35.9 Å². The van der Waals surface area contributed by atoms with Crippen molar-refractivity contribution in [2.75, 3.05) is 0 Å². The van der Waals surface area contributed by atoms with Crippen LogP contribution >= 0.6 is 0 Å². The Labute approximate surface area is 113 Å². The minimum Gasteiger partial charge on any atom is -0.368 e. The van der Waals surface area contributed by atoms with Gasteiger partial charge >= 0.3 is 0 Å². The zero-order valence-electron chi connectivity index (χ0n) is 11.3. The van der Waals surface area contributed by atoms with Crippen LogP contribution in [0.2, 0.25) is 0 Å². The third-order valence-electron chi connectivity index (χ3n) is 2.91. The fourth-order valence-corrected chi connectivity index (χ4v) is 1.79. The molecule has 0 bridgehead atoms. The van der Waals surface area contributed by atoms with E-state index < -0.39 is 18.0 Å². The van der Waals surface area contributed by atoms with Gasteiger partial charge in [-0.25, -0.2) is 0 Å². The number of carbonyl (C=O) groups excluding carboxylic acids is 2. The topological polar surface area (TPSA) is 98.2 Å². The highest BCUT2D eigenvalue weighted by Gasteiger charge is 2.24. The van der Waals surface area contributed by atoms with Crippen molar-refractivity contribution < 1.29 is 9.59 Å². The molecule has 0 fully saturated rings. The summed E-state index contributed by atoms with van der Waals surface area (Å²) in [7, 11) is 0. The number of rotatable bonds is 6. The number of amides is 2. The van der Waals surface area contributed by atoms with Crippen LogP contribution in [-0.2, 0) is 16.0 Å². The Morgan fingerprint density at radius 3 is 2.26 bits per heavy atom. The Bertz CT molecular complexity index is 432. The van der Waals surface area contributed by atoms with Crippen LogP contribution in [0.15, 0.2) is 30.3 Å². The fourth-order valence-electron chi connectivity index (χ4n) is 1.79. The maximum atomic E-state index is 11.9. The highest BCUT2D eigenvalue weighted by Crippen LogP contribution is 2.04. The summed E-state index contributed by atoms with van der Waals surface area (Å²) >= 11 is 0. The highest BCUT2D eigenvalue weighted by molar-refractivity contribution is 5.89. The summed E-state index contributed by atoms with van der Waals surface area (Å²) in [5.74, 6) is -0.970. The monoisotopic (exact) mass is 263 g/mol. The number of benzene rings is 1. The van der Waals surface area contributed by atoms with Gasteiger partial charge in [-0.15, -0.1) is 0 Å². The molecule has 0 radical (unpaired) electrons. The molecule has 1 aromatic rings. The average molecular weight is 263 g/mol. The third-order valence-corrected chi connectivity index (χ3v) is 2.91. The SMILES string of the molecule is CC(C)C(NC(=O)C(N)Cc1ccccc1)C(N)=O. The van der Waals surface area contributed by atoms with E-state index in [1.807, 2.05) is 44.2 Å². The summed E-state index contributed by atoms with van der Waals surface area (Å²) < 4.78 is 0. The maximum Gasteiger partial charge on any atom is 0.240 e. The summed E-state index contributed by atoms with van der Waals surface area (Å²) in [4.78, 5) is 23.1. The van der Waals surface area contributed by atoms with E-state index in [9.17, 15) is 9.59 Å². The average Bonchev–Trinajstić information content (AvgIpc) is 2.35. The zero-order chi connectivity index (χ0) is 14.4. The molecular formula is C14H21N3O2. The Balaban J connectivity index is 2.60. The number of hydrogen-bond acceptors (Lipinski definition) is 3. The minimum atomic E-state index is -0.692. The third kappa shape index (κ3) is 4.71. The lowest BCUT2D eigenvalue weighted by Crippen LogP contribution is -2.53. The molecule has 0 heterocycles. The lowest BCUT2D eigenvalue weighted by atomic mass is 10.0. The van der Waals surface area contributed by atoms with Crippen LogP contribution in [0.4, 0.5) is 0 Å². The second-order valence-electron chi connectivity index (χ2n) is 4.93. The van der Waals surface area contributed by atoms with E-state index in [2.05, 4.69) is 5.32 Å². The first-order chi connectivity index (χ1) is 8.91. The van der Waals surface area contributed by atoms with E-state index in [0.717, 1.165) is 5.56 Å². The van der Waals surface area contributed by atoms with Gasteiger partial charge in [0.1, 0.15) is 6.04 Å². The molecule has 0 spiro atoms. The van der Waals surface area contributed by atoms with Crippen molar-refractivity contribution in [3.63, 3.8) is 0 Å². The van der Waals surface area contributed by atoms with Crippen LogP contribution in [0.3, 0.4) is 0 Å². The van der Waals surface area contributed by atoms with E-state index in [4.69, 9.17) is 11.5 Å². The Kier molecular flexibility index (Phi) is 5.51. The predicted molar refractivity (Wildman–Crippen MR) is 74.1 cm³/mol. The van der Waals surface area contributed by atoms with Crippen LogP contribution < -0.4 is 16.8 Å². The van der Waals surface area contributed by atoms with E-state index in [1.165, 1.54) is 0 Å². The molecule has 0 aliphatic heterocycles. The number of nitrogens with two attached hydrogens (primary N) is 2. The molecule has 5 heteroatoms. The lowest BCUT2D eigenvalue weighted by Gasteiger charge is -2.21. The molecule has 0 aliphatic rings. The first kappa shape index (κ1) is 15.2. The van der Waals surface area contributed by atoms with Gasteiger partial charge in [-0.1, -0.05) is 44.2 Å². The lowest BCUT2D eigenvalue weighted by molar-refractivity contribution is -0.129. The second-order valence-corrected chi connectivity index (χ2v) is 4.93. The largest absolute Gasteiger partial charge is 0.368 e. The number of hydrogen-bond donors (Lipinski definition) is 3. The Morgan fingerprint density at radius 1 is 1.21 bits per heavy atom. The van der Waals surface area contributed by atoms with Crippen molar-refractivity contribution in [3.8, 4) is 0 Å². The molecule has 19 heavy (non-hydrogen) atoms. The van der Waals surface area contributed by atoms with Gasteiger partial charge in [0.25, 0.3) is 0 Å². The zero-order valence-corrected chi connectivity index (χ0v) is 11.3. The minimum absolute atomic E-state index is 0.0645. The van der Waals surface area contributed by atoms with Gasteiger partial charge in [0.15, 0.2) is 0 Å². The standard InChI is InChI=1S/C14H21N3O2/c1-9(2)12(13(16)18)17-14(19)11(15)8-10-6-4-3-5-7-10/h3-7,9,11-12H,8,15H2,1-2H3,(H2,16,18)(H,17,19). The first-order valence-electron chi connectivity index (χ1n) is 6.31. The molecule has 2 amide bonds. The molecule has 104 valence electrons. The van der Waals surface area contributed by atoms with Crippen molar-refractivity contribution in [2.45, 2.75) is 32.4 Å². The van der Waals surface area contributed by atoms with Gasteiger partial charge in [0.2, 0.25) is 11.8 Å². The molecule has 1 rings (SSSR count). The highest BCUT2D eigenvalue weighted by atomic mass is 16.2. The summed E-state index contributed by atoms with van der Waals surface area (Å²) in [5.41, 5.74) is 12.1. The number of primary amides is 1. The normalized spacial score (nSPS) is 13.9. The van der Waals surface area contributed by atoms with E-state index in [-0.39, 0.29) is 11.8 Å². The number of nitrogens with one attached hydrogen (secondary N) is 1. The van der Waals surface area contributed by atoms with Crippen LogP contribution in [0.5, 0.6) is 0 Å². The second kappa shape index (κ2) is 6.89. The fraction of sp³-hybridized carbons (Fsp3) is 0.429. The molecule has 0 saturated heterocycles. The van der Waals surface area contributed by atoms with Crippen LogP contribution in [0, 0.1) is 5.92 Å². The van der Waals surface area contributed by atoms with Gasteiger partial charge in [-0.05, 0) is 17.9 Å². The molecule has 2 atom stereocenters. The van der Waals surface area contributed by atoms with Crippen LogP contribution in [0.1, 0.15) is 19.4 Å². The van der Waals surface area contributed by atoms with Crippen LogP contribution in [-0.4, -0.2) is 23.9 Å². The predicted octanol–water partition coefficient (Wildman–Crippen LogP) is 0.183. The smallest absolute Gasteiger partial charge is 0.240 e. The molecule has 0 aliphatic carbocycles. The van der Waals surface area contributed by atoms with Crippen LogP contribution in [0.25, 0.3) is 0 Å². The van der Waals surface area contributed by atoms with Gasteiger partial charge in [0.05, 0.1) is 6.04 Å². The van der Waals surface area contributed by atoms with E-state index >= 15 is 0 Å². The molecule has 5 nitrogen and oxygen atoms in total. The van der Waals surface area contributed by atoms with E-state index in [1.54, 1.807) is 0 Å². The summed E-state index contributed by atoms with van der Waals surface area (Å²) in [6.07, 6.45) is 0.427. The molecular weight excluding hydrogens is 242 g/mol. The molecule has 0 saturated carbocycles. The first-order valence-corrected chi connectivity index (χ1v) is 6.31. The number of carbonyl (C=O) groups is 2. The Hall–Kier alpha value is -1.88. The van der Waals surface area contributed by atoms with Crippen molar-refractivity contribution in [2.24, 2.45) is 17.4 Å². The van der Waals surface area contributed by atoms with Gasteiger partial charge < -0.3 is 16.8 Å². The quantitative estimate of drug-likeness (QED) is 0.683. The van der Waals surface area contributed by atoms with Gasteiger partial charge in [-0.3, -0.25) is 9.59 Å². The van der Waals surface area contributed by atoms with Crippen molar-refractivity contribution >= 4 is 11.8 Å². The molecule has 5 N–H and O–H groups in total. The molecule has 1 aromatic carbocycles. The molecule has 2 unspecified atom stereocenters. The van der Waals surface area contributed by atoms with Gasteiger partial charge in [-0.2, -0.15) is 0 Å². The summed E-state index contributed by atoms with van der Waals surface area (Å²) in [6, 6.07) is 8.11. The van der Waals surface area contributed by atoms with E-state index in [0.29, 0.717) is 6.42 Å².